The number of nitrogens with one attached hydrogen (secondary N) is 1. The molecular weight excluding hydrogens is 412 g/mol. The molecule has 0 heterocycles. The van der Waals surface area contributed by atoms with E-state index in [0.29, 0.717) is 23.4 Å². The Kier molecular flexibility index (Phi) is 8.23. The molecule has 9 heteroatoms. The predicted molar refractivity (Wildman–Crippen MR) is 110 cm³/mol. The van der Waals surface area contributed by atoms with Crippen LogP contribution in [0.4, 0.5) is 4.79 Å². The number of nitrogens with zero attached hydrogens (tertiary/aromatic N) is 1. The molecule has 0 aromatic heterocycles. The van der Waals surface area contributed by atoms with Gasteiger partial charge in [-0.15, -0.1) is 0 Å². The standard InChI is InChI=1S/C21H27ClN2O6/c1-14(25)24(3)12-19(27)29-15(2)30-20(28)23-13-21(11-7-6-10-18(21)26)16-8-4-5-9-17(16)22/h4-5,8-9,15H,6-7,10-13H2,1-3H3,(H,23,28)/t15?,21-/m1/s1. The molecule has 0 bridgehead atoms. The molecule has 1 fully saturated rings. The summed E-state index contributed by atoms with van der Waals surface area (Å²) in [5.74, 6) is -0.975. The number of hydrogen-bond acceptors (Lipinski definition) is 6. The molecule has 0 radical (unpaired) electrons. The van der Waals surface area contributed by atoms with E-state index in [9.17, 15) is 19.2 Å². The number of halogens is 1. The summed E-state index contributed by atoms with van der Waals surface area (Å²) in [5, 5.41) is 3.09. The van der Waals surface area contributed by atoms with Gasteiger partial charge in [-0.1, -0.05) is 36.2 Å². The molecule has 1 aliphatic carbocycles. The van der Waals surface area contributed by atoms with Gasteiger partial charge in [-0.25, -0.2) is 4.79 Å². The van der Waals surface area contributed by atoms with Gasteiger partial charge in [-0.2, -0.15) is 0 Å². The largest absolute Gasteiger partial charge is 0.424 e. The van der Waals surface area contributed by atoms with Crippen LogP contribution >= 0.6 is 11.6 Å². The maximum absolute atomic E-state index is 12.9. The quantitative estimate of drug-likeness (QED) is 0.518. The monoisotopic (exact) mass is 438 g/mol. The van der Waals surface area contributed by atoms with Gasteiger partial charge in [0.05, 0.1) is 5.41 Å². The predicted octanol–water partition coefficient (Wildman–Crippen LogP) is 2.81. The first-order chi connectivity index (χ1) is 14.2. The van der Waals surface area contributed by atoms with Crippen molar-refractivity contribution in [1.82, 2.24) is 10.2 Å². The molecule has 1 aliphatic rings. The number of carbonyl (C=O) groups excluding carboxylic acids is 4. The van der Waals surface area contributed by atoms with Crippen molar-refractivity contribution in [2.75, 3.05) is 20.1 Å². The maximum Gasteiger partial charge on any atom is 0.410 e. The molecule has 1 aromatic rings. The molecule has 2 rings (SSSR count). The highest BCUT2D eigenvalue weighted by molar-refractivity contribution is 6.31. The highest BCUT2D eigenvalue weighted by Crippen LogP contribution is 2.39. The molecule has 2 atom stereocenters. The molecule has 2 amide bonds. The second-order valence-electron chi connectivity index (χ2n) is 7.38. The molecular formula is C21H27ClN2O6. The highest BCUT2D eigenvalue weighted by atomic mass is 35.5. The van der Waals surface area contributed by atoms with Gasteiger partial charge < -0.3 is 19.7 Å². The number of ketones is 1. The van der Waals surface area contributed by atoms with Gasteiger partial charge in [0.25, 0.3) is 0 Å². The first-order valence-corrected chi connectivity index (χ1v) is 10.2. The lowest BCUT2D eigenvalue weighted by molar-refractivity contribution is -0.167. The zero-order chi connectivity index (χ0) is 22.3. The minimum atomic E-state index is -1.16. The van der Waals surface area contributed by atoms with Gasteiger partial charge in [0.1, 0.15) is 12.3 Å². The van der Waals surface area contributed by atoms with Crippen LogP contribution in [-0.2, 0) is 29.3 Å². The first kappa shape index (κ1) is 23.7. The minimum absolute atomic E-state index is 0.0221. The molecule has 8 nitrogen and oxygen atoms in total. The van der Waals surface area contributed by atoms with Crippen molar-refractivity contribution >= 4 is 35.4 Å². The van der Waals surface area contributed by atoms with Crippen molar-refractivity contribution in [3.63, 3.8) is 0 Å². The van der Waals surface area contributed by atoms with Gasteiger partial charge in [0.2, 0.25) is 12.2 Å². The lowest BCUT2D eigenvalue weighted by Crippen LogP contribution is -2.49. The zero-order valence-corrected chi connectivity index (χ0v) is 18.2. The van der Waals surface area contributed by atoms with Gasteiger partial charge in [0, 0.05) is 38.9 Å². The van der Waals surface area contributed by atoms with Crippen LogP contribution in [0.3, 0.4) is 0 Å². The third kappa shape index (κ3) is 5.95. The Morgan fingerprint density at radius 3 is 2.57 bits per heavy atom. The Balaban J connectivity index is 1.98. The van der Waals surface area contributed by atoms with Crippen LogP contribution in [-0.4, -0.2) is 55.1 Å². The van der Waals surface area contributed by atoms with Crippen molar-refractivity contribution in [3.05, 3.63) is 34.9 Å². The van der Waals surface area contributed by atoms with E-state index in [1.54, 1.807) is 18.2 Å². The molecule has 0 saturated heterocycles. The second-order valence-corrected chi connectivity index (χ2v) is 7.79. The summed E-state index contributed by atoms with van der Waals surface area (Å²) >= 11 is 6.35. The summed E-state index contributed by atoms with van der Waals surface area (Å²) in [4.78, 5) is 49.2. The molecule has 1 aromatic carbocycles. The fraction of sp³-hybridized carbons (Fsp3) is 0.524. The van der Waals surface area contributed by atoms with Crippen LogP contribution in [0, 0.1) is 0 Å². The normalized spacial score (nSPS) is 19.5. The lowest BCUT2D eigenvalue weighted by Gasteiger charge is -2.37. The number of benzene rings is 1. The van der Waals surface area contributed by atoms with Gasteiger partial charge in [-0.3, -0.25) is 14.4 Å². The number of likely N-dealkylation sites (N-methyl/N-ethyl adjacent to an activating group) is 1. The van der Waals surface area contributed by atoms with E-state index in [-0.39, 0.29) is 24.8 Å². The third-order valence-electron chi connectivity index (χ3n) is 5.19. The highest BCUT2D eigenvalue weighted by Gasteiger charge is 2.43. The van der Waals surface area contributed by atoms with E-state index in [2.05, 4.69) is 5.32 Å². The van der Waals surface area contributed by atoms with E-state index in [1.807, 2.05) is 6.07 Å². The van der Waals surface area contributed by atoms with Crippen molar-refractivity contribution in [3.8, 4) is 0 Å². The molecule has 1 unspecified atom stereocenters. The van der Waals surface area contributed by atoms with Gasteiger partial charge in [0.15, 0.2) is 0 Å². The van der Waals surface area contributed by atoms with E-state index >= 15 is 0 Å². The summed E-state index contributed by atoms with van der Waals surface area (Å²) in [6.07, 6.45) is 0.649. The van der Waals surface area contributed by atoms with Crippen LogP contribution in [0.5, 0.6) is 0 Å². The number of ether oxygens (including phenoxy) is 2. The Bertz CT molecular complexity index is 814. The van der Waals surface area contributed by atoms with Crippen LogP contribution in [0.25, 0.3) is 0 Å². The number of amides is 2. The van der Waals surface area contributed by atoms with Crippen LogP contribution in [0.15, 0.2) is 24.3 Å². The third-order valence-corrected chi connectivity index (χ3v) is 5.52. The summed E-state index contributed by atoms with van der Waals surface area (Å²) in [5.41, 5.74) is -0.233. The summed E-state index contributed by atoms with van der Waals surface area (Å²) < 4.78 is 10.0. The summed E-state index contributed by atoms with van der Waals surface area (Å²) in [6.45, 7) is 2.49. The average Bonchev–Trinajstić information content (AvgIpc) is 2.67. The fourth-order valence-corrected chi connectivity index (χ4v) is 3.79. The van der Waals surface area contributed by atoms with Crippen molar-refractivity contribution in [2.24, 2.45) is 0 Å². The average molecular weight is 439 g/mol. The van der Waals surface area contributed by atoms with Crippen LogP contribution in [0.2, 0.25) is 5.02 Å². The number of carbonyl (C=O) groups is 4. The first-order valence-electron chi connectivity index (χ1n) is 9.79. The van der Waals surface area contributed by atoms with Crippen molar-refractivity contribution in [2.45, 2.75) is 51.2 Å². The van der Waals surface area contributed by atoms with E-state index < -0.39 is 23.8 Å². The number of rotatable bonds is 7. The fourth-order valence-electron chi connectivity index (χ4n) is 3.47. The minimum Gasteiger partial charge on any atom is -0.424 e. The number of hydrogen-bond donors (Lipinski definition) is 1. The summed E-state index contributed by atoms with van der Waals surface area (Å²) in [7, 11) is 1.46. The van der Waals surface area contributed by atoms with E-state index in [4.69, 9.17) is 21.1 Å². The number of esters is 1. The second kappa shape index (κ2) is 10.4. The van der Waals surface area contributed by atoms with Gasteiger partial charge >= 0.3 is 12.1 Å². The maximum atomic E-state index is 12.9. The molecule has 1 saturated carbocycles. The zero-order valence-electron chi connectivity index (χ0n) is 17.4. The van der Waals surface area contributed by atoms with E-state index in [1.165, 1.54) is 25.8 Å². The van der Waals surface area contributed by atoms with Crippen LogP contribution in [0.1, 0.15) is 45.1 Å². The Labute approximate surface area is 180 Å². The van der Waals surface area contributed by atoms with Crippen molar-refractivity contribution < 1.29 is 28.7 Å². The Hall–Kier alpha value is -2.61. The number of alkyl carbamates (subject to hydrolysis) is 1. The topological polar surface area (TPSA) is 102 Å². The lowest BCUT2D eigenvalue weighted by atomic mass is 9.68. The Morgan fingerprint density at radius 1 is 1.23 bits per heavy atom. The van der Waals surface area contributed by atoms with Gasteiger partial charge in [-0.05, 0) is 24.5 Å². The smallest absolute Gasteiger partial charge is 0.410 e. The molecule has 164 valence electrons. The SMILES string of the molecule is CC(=O)N(C)CC(=O)OC(C)OC(=O)NC[C@@]1(c2ccccc2Cl)CCCCC1=O. The van der Waals surface area contributed by atoms with Crippen LogP contribution < -0.4 is 5.32 Å². The Morgan fingerprint density at radius 2 is 1.93 bits per heavy atom. The van der Waals surface area contributed by atoms with Crippen molar-refractivity contribution in [1.29, 1.82) is 0 Å². The summed E-state index contributed by atoms with van der Waals surface area (Å²) in [6, 6.07) is 7.11. The molecule has 1 N–H and O–H groups in total. The van der Waals surface area contributed by atoms with E-state index in [0.717, 1.165) is 12.8 Å². The molecule has 30 heavy (non-hydrogen) atoms. The molecule has 0 spiro atoms. The number of Topliss-reactive ketones (excluding diaryl/α,β-unsaturated/α-hetero) is 1. The molecule has 0 aliphatic heterocycles.